The van der Waals surface area contributed by atoms with Crippen molar-refractivity contribution in [3.05, 3.63) is 59.2 Å². The van der Waals surface area contributed by atoms with Crippen LogP contribution in [0.25, 0.3) is 0 Å². The van der Waals surface area contributed by atoms with E-state index >= 15 is 0 Å². The van der Waals surface area contributed by atoms with Gasteiger partial charge >= 0.3 is 13.8 Å². The normalized spacial score (nSPS) is 37.4. The number of rotatable bonds is 16. The van der Waals surface area contributed by atoms with Crippen LogP contribution in [-0.2, 0) is 53.8 Å². The highest BCUT2D eigenvalue weighted by Gasteiger charge is 2.76. The van der Waals surface area contributed by atoms with Crippen molar-refractivity contribution in [1.82, 2.24) is 16.0 Å². The van der Waals surface area contributed by atoms with Gasteiger partial charge in [0.05, 0.1) is 24.1 Å². The molecule has 17 nitrogen and oxygen atoms in total. The number of aliphatic hydroxyl groups excluding tert-OH is 1. The van der Waals surface area contributed by atoms with Crippen molar-refractivity contribution in [2.24, 2.45) is 39.9 Å². The highest BCUT2D eigenvalue weighted by molar-refractivity contribution is 9.09. The van der Waals surface area contributed by atoms with E-state index < -0.39 is 84.9 Å². The van der Waals surface area contributed by atoms with Crippen LogP contribution in [0.5, 0.6) is 0 Å². The van der Waals surface area contributed by atoms with Gasteiger partial charge in [-0.15, -0.1) is 0 Å². The van der Waals surface area contributed by atoms with Crippen LogP contribution in [0.15, 0.2) is 48.1 Å². The van der Waals surface area contributed by atoms with Crippen molar-refractivity contribution in [1.29, 1.82) is 0 Å². The van der Waals surface area contributed by atoms with E-state index in [4.69, 9.17) is 19.1 Å². The van der Waals surface area contributed by atoms with Crippen molar-refractivity contribution in [2.75, 3.05) is 18.5 Å². The fourth-order valence-electron chi connectivity index (χ4n) is 13.2. The maximum absolute atomic E-state index is 14.4. The molecule has 64 heavy (non-hydrogen) atoms. The Kier molecular flexibility index (Phi) is 12.9. The largest absolute Gasteiger partial charge is 0.481 e. The second-order valence-corrected chi connectivity index (χ2v) is 21.5. The third-order valence-corrected chi connectivity index (χ3v) is 16.8. The lowest BCUT2D eigenvalue weighted by atomic mass is 9.46. The summed E-state index contributed by atoms with van der Waals surface area (Å²) in [6, 6.07) is 6.67. The Bertz CT molecular complexity index is 2180. The Labute approximate surface area is 379 Å². The molecule has 0 unspecified atom stereocenters. The first-order valence-electron chi connectivity index (χ1n) is 22.1. The second kappa shape index (κ2) is 17.6. The summed E-state index contributed by atoms with van der Waals surface area (Å²) >= 11 is 3.00. The van der Waals surface area contributed by atoms with E-state index in [-0.39, 0.29) is 66.1 Å². The number of aliphatic hydroxyl groups is 1. The predicted octanol–water partition coefficient (Wildman–Crippen LogP) is 3.48. The van der Waals surface area contributed by atoms with Gasteiger partial charge in [0.1, 0.15) is 12.6 Å². The molecule has 1 aliphatic heterocycles. The average molecular weight is 975 g/mol. The molecule has 3 amide bonds. The number of allylic oxidation sites excluding steroid dienone is 4. The number of ether oxygens (including phenoxy) is 2. The molecule has 0 aromatic heterocycles. The third-order valence-electron chi connectivity index (χ3n) is 15.8. The number of phosphoric ester groups is 1. The molecule has 1 saturated heterocycles. The number of nitrogens with one attached hydrogen (secondary N) is 3. The van der Waals surface area contributed by atoms with Gasteiger partial charge < -0.3 is 45.4 Å². The Hall–Kier alpha value is -3.61. The van der Waals surface area contributed by atoms with Gasteiger partial charge in [-0.2, -0.15) is 0 Å². The summed E-state index contributed by atoms with van der Waals surface area (Å²) in [5, 5.41) is 29.1. The standard InChI is InChI=1S/C45H57BrN3O14P/c1-42-12-11-29(50)14-27(42)7-8-30-31-15-35-45(34(52)23-61-64(58,59)60,43(31,2)20-33(51)39(30)42)63-41(62-35)26-5-3-24(4-6-26)13-25-16-44(17-25)18-28(19-44)48-40(57)32(9-10-38(55)56)49-37(54)22-47-36(53)21-46/h3-6,11-12,14,25,28,30-33,35,39,41,51H,7-10,13,15-23H2,1-2H3,(H,47,53)(H,48,57)(H,49,54)(H,55,56)(H2,58,59,60)/t25?,28?,30-,31-,32-,33-,35+,39+,41+,42-,43-,44?,45+/m0/s1. The quantitative estimate of drug-likeness (QED) is 0.0925. The van der Waals surface area contributed by atoms with Gasteiger partial charge in [-0.3, -0.25) is 33.3 Å². The lowest BCUT2D eigenvalue weighted by molar-refractivity contribution is -0.200. The minimum absolute atomic E-state index is 0.0153. The smallest absolute Gasteiger partial charge is 0.470 e. The van der Waals surface area contributed by atoms with E-state index in [1.54, 1.807) is 12.2 Å². The molecule has 8 rings (SSSR count). The number of hydrogen-bond donors (Lipinski definition) is 7. The first-order valence-corrected chi connectivity index (χ1v) is 24.7. The summed E-state index contributed by atoms with van der Waals surface area (Å²) in [6.07, 6.45) is 8.48. The molecule has 0 bridgehead atoms. The molecule has 6 aliphatic carbocycles. The van der Waals surface area contributed by atoms with E-state index in [0.29, 0.717) is 30.7 Å². The van der Waals surface area contributed by atoms with Gasteiger partial charge in [0.2, 0.25) is 17.7 Å². The van der Waals surface area contributed by atoms with Gasteiger partial charge in [0.25, 0.3) is 0 Å². The van der Waals surface area contributed by atoms with Gasteiger partial charge in [-0.25, -0.2) is 4.57 Å². The van der Waals surface area contributed by atoms with Crippen LogP contribution in [0.2, 0.25) is 0 Å². The number of Topliss-reactive ketones (excluding diaryl/α,β-unsaturated/α-hetero) is 1. The zero-order valence-electron chi connectivity index (χ0n) is 35.8. The number of alkyl halides is 1. The zero-order chi connectivity index (χ0) is 46.0. The number of halogens is 1. The van der Waals surface area contributed by atoms with Crippen LogP contribution in [0.1, 0.15) is 95.5 Å². The molecule has 0 radical (unpaired) electrons. The molecule has 10 atom stereocenters. The average Bonchev–Trinajstić information content (AvgIpc) is 3.71. The second-order valence-electron chi connectivity index (χ2n) is 19.7. The van der Waals surface area contributed by atoms with Gasteiger partial charge in [0.15, 0.2) is 23.5 Å². The van der Waals surface area contributed by atoms with Crippen LogP contribution in [-0.4, -0.2) is 104 Å². The monoisotopic (exact) mass is 973 g/mol. The summed E-state index contributed by atoms with van der Waals surface area (Å²) in [6.45, 7) is 2.76. The molecular weight excluding hydrogens is 917 g/mol. The van der Waals surface area contributed by atoms with Crippen molar-refractivity contribution in [3.63, 3.8) is 0 Å². The number of benzene rings is 1. The first-order chi connectivity index (χ1) is 30.2. The maximum Gasteiger partial charge on any atom is 0.470 e. The minimum Gasteiger partial charge on any atom is -0.481 e. The number of amides is 3. The summed E-state index contributed by atoms with van der Waals surface area (Å²) in [5.74, 6) is -3.21. The zero-order valence-corrected chi connectivity index (χ0v) is 38.3. The van der Waals surface area contributed by atoms with E-state index in [1.807, 2.05) is 37.3 Å². The molecule has 1 heterocycles. The Morgan fingerprint density at radius 3 is 2.42 bits per heavy atom. The minimum atomic E-state index is -5.01. The molecular formula is C45H57BrN3O14P. The van der Waals surface area contributed by atoms with E-state index in [0.717, 1.165) is 43.2 Å². The fourth-order valence-corrected chi connectivity index (χ4v) is 13.6. The first kappa shape index (κ1) is 46.9. The molecule has 19 heteroatoms. The highest BCUT2D eigenvalue weighted by Crippen LogP contribution is 2.70. The Morgan fingerprint density at radius 2 is 1.75 bits per heavy atom. The predicted molar refractivity (Wildman–Crippen MR) is 230 cm³/mol. The number of carbonyl (C=O) groups excluding carboxylic acids is 5. The summed E-state index contributed by atoms with van der Waals surface area (Å²) < 4.78 is 30.0. The molecule has 348 valence electrons. The lowest BCUT2D eigenvalue weighted by Gasteiger charge is -2.59. The van der Waals surface area contributed by atoms with Crippen molar-refractivity contribution in [2.45, 2.75) is 121 Å². The number of carboxylic acids is 1. The maximum atomic E-state index is 14.4. The molecule has 6 fully saturated rings. The molecule has 7 aliphatic rings. The van der Waals surface area contributed by atoms with Gasteiger partial charge in [0, 0.05) is 34.8 Å². The van der Waals surface area contributed by atoms with Crippen molar-refractivity contribution in [3.8, 4) is 0 Å². The highest BCUT2D eigenvalue weighted by atomic mass is 79.9. The number of phosphoric acid groups is 1. The molecule has 7 N–H and O–H groups in total. The third kappa shape index (κ3) is 8.73. The SMILES string of the molecule is C[C@]12C=CC(=O)C=C1CC[C@@H]1[C@@H]2[C@@H](O)C[C@@]2(C)[C@H]1C[C@H]1O[C@@H](c3ccc(CC4CC5(C4)CC(NC(=O)[C@H](CCC(=O)O)NC(=O)CNC(=O)CBr)C5)cc3)O[C@]12C(=O)COP(=O)(O)O. The van der Waals surface area contributed by atoms with Crippen LogP contribution < -0.4 is 16.0 Å². The van der Waals surface area contributed by atoms with Crippen LogP contribution in [0.3, 0.4) is 0 Å². The summed E-state index contributed by atoms with van der Waals surface area (Å²) in [7, 11) is -5.01. The number of ketones is 2. The van der Waals surface area contributed by atoms with Crippen LogP contribution in [0, 0.1) is 39.9 Å². The van der Waals surface area contributed by atoms with Crippen molar-refractivity contribution < 1.29 is 67.3 Å². The van der Waals surface area contributed by atoms with Gasteiger partial charge in [-0.1, -0.05) is 65.7 Å². The topological polar surface area (TPSA) is 264 Å². The molecule has 1 aromatic carbocycles. The van der Waals surface area contributed by atoms with Crippen LogP contribution in [0.4, 0.5) is 0 Å². The number of fused-ring (bicyclic) bond motifs is 7. The molecule has 1 aromatic rings. The molecule has 1 spiro atoms. The number of aliphatic carboxylic acids is 1. The van der Waals surface area contributed by atoms with E-state index in [1.165, 1.54) is 0 Å². The fraction of sp³-hybridized carbons (Fsp3) is 0.644. The molecule has 5 saturated carbocycles. The van der Waals surface area contributed by atoms with Gasteiger partial charge in [-0.05, 0) is 105 Å². The van der Waals surface area contributed by atoms with Crippen molar-refractivity contribution >= 4 is 59.0 Å². The summed E-state index contributed by atoms with van der Waals surface area (Å²) in [5.41, 5.74) is -0.279. The lowest BCUT2D eigenvalue weighted by Crippen LogP contribution is -2.63. The number of carboxylic acid groups (broad SMARTS) is 1. The Morgan fingerprint density at radius 1 is 1.03 bits per heavy atom. The van der Waals surface area contributed by atoms with E-state index in [9.17, 15) is 48.2 Å². The van der Waals surface area contributed by atoms with E-state index in [2.05, 4.69) is 38.8 Å². The summed E-state index contributed by atoms with van der Waals surface area (Å²) in [4.78, 5) is 94.0. The number of hydrogen-bond acceptors (Lipinski definition) is 11. The Balaban J connectivity index is 0.884. The number of carbonyl (C=O) groups is 6. The van der Waals surface area contributed by atoms with Crippen LogP contribution >= 0.6 is 23.8 Å².